The van der Waals surface area contributed by atoms with E-state index in [-0.39, 0.29) is 25.2 Å². The van der Waals surface area contributed by atoms with Crippen molar-refractivity contribution in [2.75, 3.05) is 0 Å². The number of phosphoric ester groups is 1. The van der Waals surface area contributed by atoms with E-state index in [2.05, 4.69) is 6.92 Å². The summed E-state index contributed by atoms with van der Waals surface area (Å²) in [6, 6.07) is 49.2. The van der Waals surface area contributed by atoms with Crippen LogP contribution in [-0.2, 0) is 65.4 Å². The topological polar surface area (TPSA) is 72.5 Å². The van der Waals surface area contributed by atoms with E-state index in [1.54, 1.807) is 0 Å². The van der Waals surface area contributed by atoms with E-state index in [4.69, 9.17) is 27.8 Å². The van der Waals surface area contributed by atoms with Crippen molar-refractivity contribution in [1.82, 2.24) is 0 Å². The van der Waals surface area contributed by atoms with Crippen molar-refractivity contribution in [3.8, 4) is 0 Å². The van der Waals surface area contributed by atoms with E-state index < -0.39 is 26.1 Å². The zero-order chi connectivity index (χ0) is 34.4. The maximum absolute atomic E-state index is 14.6. The smallest absolute Gasteiger partial charge is 0.370 e. The van der Waals surface area contributed by atoms with Crippen LogP contribution in [0.1, 0.15) is 41.2 Å². The van der Waals surface area contributed by atoms with Crippen molar-refractivity contribution < 1.29 is 32.3 Å². The van der Waals surface area contributed by atoms with Crippen LogP contribution in [0.5, 0.6) is 0 Å². The Morgan fingerprint density at radius 2 is 0.780 bits per heavy atom. The summed E-state index contributed by atoms with van der Waals surface area (Å²) >= 11 is 0. The lowest BCUT2D eigenvalue weighted by Gasteiger charge is -2.45. The molecule has 50 heavy (non-hydrogen) atoms. The van der Waals surface area contributed by atoms with Crippen LogP contribution in [0.3, 0.4) is 0 Å². The molecule has 1 fully saturated rings. The largest absolute Gasteiger partial charge is 0.475 e. The van der Waals surface area contributed by atoms with E-state index in [0.29, 0.717) is 26.2 Å². The van der Waals surface area contributed by atoms with Gasteiger partial charge in [-0.1, -0.05) is 159 Å². The van der Waals surface area contributed by atoms with Crippen molar-refractivity contribution in [3.05, 3.63) is 179 Å². The van der Waals surface area contributed by atoms with Gasteiger partial charge in [-0.2, -0.15) is 0 Å². The fraction of sp³-hybridized carbons (Fsp3) is 0.286. The second kappa shape index (κ2) is 18.4. The van der Waals surface area contributed by atoms with Crippen molar-refractivity contribution in [3.63, 3.8) is 0 Å². The molecule has 0 N–H and O–H groups in total. The van der Waals surface area contributed by atoms with Crippen LogP contribution in [0.2, 0.25) is 0 Å². The molecule has 0 radical (unpaired) electrons. The van der Waals surface area contributed by atoms with Gasteiger partial charge in [0.25, 0.3) is 0 Å². The third-order valence-electron chi connectivity index (χ3n) is 8.76. The molecule has 0 amide bonds. The number of hydrogen-bond donors (Lipinski definition) is 0. The van der Waals surface area contributed by atoms with Crippen LogP contribution in [0.25, 0.3) is 0 Å². The lowest BCUT2D eigenvalue weighted by atomic mass is 9.81. The van der Waals surface area contributed by atoms with Gasteiger partial charge in [0.2, 0.25) is 0 Å². The average Bonchev–Trinajstić information content (AvgIpc) is 3.17. The molecule has 0 aromatic heterocycles. The van der Waals surface area contributed by atoms with E-state index in [9.17, 15) is 4.57 Å². The van der Waals surface area contributed by atoms with E-state index in [1.165, 1.54) is 0 Å². The van der Waals surface area contributed by atoms with Gasteiger partial charge in [0.15, 0.2) is 0 Å². The third kappa shape index (κ3) is 10.5. The molecule has 0 unspecified atom stereocenters. The van der Waals surface area contributed by atoms with E-state index in [0.717, 1.165) is 27.8 Å². The fourth-order valence-corrected chi connectivity index (χ4v) is 7.48. The van der Waals surface area contributed by atoms with Crippen molar-refractivity contribution in [2.45, 2.75) is 70.8 Å². The van der Waals surface area contributed by atoms with Crippen molar-refractivity contribution >= 4 is 7.82 Å². The minimum Gasteiger partial charge on any atom is -0.370 e. The van der Waals surface area contributed by atoms with Crippen LogP contribution >= 0.6 is 7.82 Å². The molecule has 5 atom stereocenters. The molecule has 5 aromatic rings. The molecule has 0 aliphatic heterocycles. The second-order valence-electron chi connectivity index (χ2n) is 12.6. The number of phosphoric acid groups is 1. The normalized spacial score (nSPS) is 20.8. The summed E-state index contributed by atoms with van der Waals surface area (Å²) in [5.41, 5.74) is 4.79. The zero-order valence-corrected chi connectivity index (χ0v) is 29.3. The lowest BCUT2D eigenvalue weighted by molar-refractivity contribution is -0.214. The molecule has 8 heteroatoms. The molecular formula is C42H45O7P. The molecule has 1 saturated carbocycles. The Balaban J connectivity index is 1.30. The molecule has 0 bridgehead atoms. The Labute approximate surface area is 295 Å². The summed E-state index contributed by atoms with van der Waals surface area (Å²) in [6.07, 6.45) is -1.77. The first-order valence-corrected chi connectivity index (χ1v) is 18.6. The Bertz CT molecular complexity index is 1680. The first-order chi connectivity index (χ1) is 24.5. The standard InChI is InChI=1S/C42H45O7P/c1-33-27-39(49-50(43,47-31-37-23-13-5-14-24-37)48-32-38-25-15-6-16-26-38)41(45-29-35-19-9-3-10-20-35)42(46-30-36-21-11-4-12-22-36)40(33)44-28-34-17-7-2-8-18-34/h2-26,33,39-42H,27-32H2,1H3/t33-,39+,40-,41+,42-/m0/s1. The molecule has 0 spiro atoms. The Morgan fingerprint density at radius 1 is 0.460 bits per heavy atom. The number of ether oxygens (including phenoxy) is 3. The van der Waals surface area contributed by atoms with Gasteiger partial charge in [0.1, 0.15) is 12.2 Å². The first-order valence-electron chi connectivity index (χ1n) is 17.2. The maximum Gasteiger partial charge on any atom is 0.475 e. The Morgan fingerprint density at radius 3 is 1.16 bits per heavy atom. The Hall–Kier alpha value is -3.91. The van der Waals surface area contributed by atoms with Crippen LogP contribution in [-0.4, -0.2) is 24.4 Å². The predicted molar refractivity (Wildman–Crippen MR) is 194 cm³/mol. The van der Waals surface area contributed by atoms with Gasteiger partial charge >= 0.3 is 7.82 Å². The lowest BCUT2D eigenvalue weighted by Crippen LogP contribution is -2.56. The molecule has 260 valence electrons. The van der Waals surface area contributed by atoms with Crippen LogP contribution in [0.15, 0.2) is 152 Å². The molecule has 1 aliphatic rings. The first kappa shape index (κ1) is 35.9. The molecule has 0 saturated heterocycles. The average molecular weight is 693 g/mol. The quantitative estimate of drug-likeness (QED) is 0.0899. The third-order valence-corrected chi connectivity index (χ3v) is 10.2. The van der Waals surface area contributed by atoms with Gasteiger partial charge < -0.3 is 14.2 Å². The van der Waals surface area contributed by atoms with E-state index >= 15 is 0 Å². The van der Waals surface area contributed by atoms with Gasteiger partial charge in [0.05, 0.1) is 45.2 Å². The maximum atomic E-state index is 14.6. The van der Waals surface area contributed by atoms with Crippen LogP contribution in [0, 0.1) is 5.92 Å². The minimum atomic E-state index is -4.14. The molecule has 7 nitrogen and oxygen atoms in total. The Kier molecular flexibility index (Phi) is 13.2. The fourth-order valence-electron chi connectivity index (χ4n) is 6.13. The highest BCUT2D eigenvalue weighted by Crippen LogP contribution is 2.54. The van der Waals surface area contributed by atoms with Gasteiger partial charge in [-0.15, -0.1) is 0 Å². The van der Waals surface area contributed by atoms with Crippen molar-refractivity contribution in [2.24, 2.45) is 5.92 Å². The van der Waals surface area contributed by atoms with Crippen molar-refractivity contribution in [1.29, 1.82) is 0 Å². The summed E-state index contributed by atoms with van der Waals surface area (Å²) in [5.74, 6) is -0.0437. The highest BCUT2D eigenvalue weighted by atomic mass is 31.2. The highest BCUT2D eigenvalue weighted by Gasteiger charge is 2.49. The van der Waals surface area contributed by atoms with Gasteiger partial charge in [0, 0.05) is 0 Å². The predicted octanol–water partition coefficient (Wildman–Crippen LogP) is 9.71. The summed E-state index contributed by atoms with van der Waals surface area (Å²) in [6.45, 7) is 3.28. The summed E-state index contributed by atoms with van der Waals surface area (Å²) in [4.78, 5) is 0. The van der Waals surface area contributed by atoms with Gasteiger partial charge in [-0.25, -0.2) is 4.57 Å². The SMILES string of the molecule is C[C@H]1C[C@@H](OP(=O)(OCc2ccccc2)OCc2ccccc2)[C@@H](OCc2ccccc2)[C@@H](OCc2ccccc2)[C@H]1OCc1ccccc1. The molecule has 0 heterocycles. The van der Waals surface area contributed by atoms with Crippen LogP contribution in [0.4, 0.5) is 0 Å². The number of hydrogen-bond acceptors (Lipinski definition) is 7. The molecule has 6 rings (SSSR count). The summed E-state index contributed by atoms with van der Waals surface area (Å²) < 4.78 is 53.4. The zero-order valence-electron chi connectivity index (χ0n) is 28.4. The highest BCUT2D eigenvalue weighted by molar-refractivity contribution is 7.48. The monoisotopic (exact) mass is 692 g/mol. The molecule has 5 aromatic carbocycles. The summed E-state index contributed by atoms with van der Waals surface area (Å²) in [5, 5.41) is 0. The van der Waals surface area contributed by atoms with Gasteiger partial charge in [-0.3, -0.25) is 13.6 Å². The van der Waals surface area contributed by atoms with E-state index in [1.807, 2.05) is 152 Å². The second-order valence-corrected chi connectivity index (χ2v) is 14.2. The summed E-state index contributed by atoms with van der Waals surface area (Å²) in [7, 11) is -4.14. The number of rotatable bonds is 17. The minimum absolute atomic E-state index is 0.0437. The van der Waals surface area contributed by atoms with Gasteiger partial charge in [-0.05, 0) is 40.2 Å². The van der Waals surface area contributed by atoms with Crippen LogP contribution < -0.4 is 0 Å². The molecule has 1 aliphatic carbocycles. The molecular weight excluding hydrogens is 647 g/mol. The number of benzene rings is 5.